The molecule has 0 fully saturated rings. The highest BCUT2D eigenvalue weighted by atomic mass is 32.2. The molecule has 46 heavy (non-hydrogen) atoms. The van der Waals surface area contributed by atoms with E-state index in [1.165, 1.54) is 12.1 Å². The van der Waals surface area contributed by atoms with Crippen molar-refractivity contribution in [1.82, 2.24) is 0 Å². The normalized spacial score (nSPS) is 16.1. The molecule has 234 valence electrons. The maximum absolute atomic E-state index is 12.0. The summed E-state index contributed by atoms with van der Waals surface area (Å²) >= 11 is 0. The van der Waals surface area contributed by atoms with Gasteiger partial charge in [-0.15, -0.1) is 10.2 Å². The number of allylic oxidation sites excluding steroid dienone is 8. The first-order valence-electron chi connectivity index (χ1n) is 14.1. The zero-order valence-corrected chi connectivity index (χ0v) is 25.8. The third-order valence-corrected chi connectivity index (χ3v) is 9.64. The Morgan fingerprint density at radius 2 is 0.891 bits per heavy atom. The van der Waals surface area contributed by atoms with E-state index < -0.39 is 20.2 Å². The monoisotopic (exact) mass is 656 g/mol. The van der Waals surface area contributed by atoms with E-state index in [-0.39, 0.29) is 32.5 Å². The summed E-state index contributed by atoms with van der Waals surface area (Å²) in [4.78, 5) is -0.573. The second-order valence-electron chi connectivity index (χ2n) is 10.8. The van der Waals surface area contributed by atoms with Crippen LogP contribution in [0.2, 0.25) is 0 Å². The molecule has 0 unspecified atom stereocenters. The minimum atomic E-state index is -4.51. The Kier molecular flexibility index (Phi) is 8.12. The molecule has 0 radical (unpaired) electrons. The highest BCUT2D eigenvalue weighted by Gasteiger charge is 2.20. The quantitative estimate of drug-likeness (QED) is 0.0876. The zero-order valence-electron chi connectivity index (χ0n) is 24.2. The molecule has 0 atom stereocenters. The summed E-state index contributed by atoms with van der Waals surface area (Å²) < 4.78 is 67.5. The van der Waals surface area contributed by atoms with Crippen LogP contribution in [-0.4, -0.2) is 25.9 Å². The van der Waals surface area contributed by atoms with Gasteiger partial charge in [0.25, 0.3) is 20.2 Å². The highest BCUT2D eigenvalue weighted by Crippen LogP contribution is 2.39. The van der Waals surface area contributed by atoms with Gasteiger partial charge in [0, 0.05) is 21.5 Å². The second-order valence-corrected chi connectivity index (χ2v) is 13.5. The molecule has 0 bridgehead atoms. The van der Waals surface area contributed by atoms with Gasteiger partial charge in [-0.2, -0.15) is 27.1 Å². The number of nitrogens with zero attached hydrogens (tertiary/aromatic N) is 4. The van der Waals surface area contributed by atoms with Gasteiger partial charge in [-0.05, 0) is 61.1 Å². The standard InChI is InChI=1S/C32H28N6O6S2/c33-31-25-7-3-1-5-23(25)29(45(39,40)41)17-27(31)37-35-21-13-9-19(10-14-21)20-11-15-22(16-12-20)36-38-28-18-30(46(42,43)44)24-6-2-4-8-26(24)32(28)34/h1-9,11,13,15,17-18H,10,12,14,16,33-34H2,(H,39,40,41)(H,42,43,44)/b37-35+,38-36?. The molecule has 6 N–H and O–H groups in total. The summed E-state index contributed by atoms with van der Waals surface area (Å²) in [5.74, 6) is 0. The maximum Gasteiger partial charge on any atom is 0.295 e. The Bertz CT molecular complexity index is 2170. The summed E-state index contributed by atoms with van der Waals surface area (Å²) in [7, 11) is -9.02. The lowest BCUT2D eigenvalue weighted by atomic mass is 9.90. The van der Waals surface area contributed by atoms with E-state index in [0.717, 1.165) is 11.1 Å². The van der Waals surface area contributed by atoms with Gasteiger partial charge in [-0.3, -0.25) is 9.11 Å². The van der Waals surface area contributed by atoms with E-state index in [1.54, 1.807) is 48.5 Å². The van der Waals surface area contributed by atoms with Crippen LogP contribution in [0.4, 0.5) is 22.7 Å². The molecule has 0 spiro atoms. The first kappa shape index (κ1) is 31.0. The number of benzene rings is 4. The van der Waals surface area contributed by atoms with Crippen molar-refractivity contribution in [2.45, 2.75) is 35.5 Å². The molecule has 6 rings (SSSR count). The van der Waals surface area contributed by atoms with Crippen LogP contribution >= 0.6 is 0 Å². The largest absolute Gasteiger partial charge is 0.396 e. The van der Waals surface area contributed by atoms with Crippen LogP contribution in [0.3, 0.4) is 0 Å². The number of hydrogen-bond donors (Lipinski definition) is 4. The molecule has 0 saturated heterocycles. The molecular formula is C32H28N6O6S2. The average molecular weight is 657 g/mol. The zero-order chi connectivity index (χ0) is 32.6. The van der Waals surface area contributed by atoms with Crippen LogP contribution in [0.1, 0.15) is 25.7 Å². The molecule has 0 amide bonds. The Morgan fingerprint density at radius 3 is 1.22 bits per heavy atom. The third-order valence-electron chi connectivity index (χ3n) is 7.85. The van der Waals surface area contributed by atoms with Crippen LogP contribution in [-0.2, 0) is 20.2 Å². The lowest BCUT2D eigenvalue weighted by Gasteiger charge is -2.17. The van der Waals surface area contributed by atoms with E-state index in [0.29, 0.717) is 58.6 Å². The summed E-state index contributed by atoms with van der Waals surface area (Å²) in [5, 5.41) is 18.5. The van der Waals surface area contributed by atoms with Crippen LogP contribution in [0.5, 0.6) is 0 Å². The molecule has 0 aliphatic heterocycles. The fourth-order valence-corrected chi connectivity index (χ4v) is 6.92. The lowest BCUT2D eigenvalue weighted by Crippen LogP contribution is -2.01. The minimum Gasteiger partial charge on any atom is -0.396 e. The smallest absolute Gasteiger partial charge is 0.295 e. The van der Waals surface area contributed by atoms with E-state index in [1.807, 2.05) is 24.3 Å². The van der Waals surface area contributed by atoms with Gasteiger partial charge in [-0.1, -0.05) is 60.7 Å². The fourth-order valence-electron chi connectivity index (χ4n) is 5.48. The number of hydrogen-bond acceptors (Lipinski definition) is 10. The molecule has 14 heteroatoms. The fraction of sp³-hybridized carbons (Fsp3) is 0.125. The predicted octanol–water partition coefficient (Wildman–Crippen LogP) is 7.73. The molecular weight excluding hydrogens is 629 g/mol. The van der Waals surface area contributed by atoms with Gasteiger partial charge in [0.15, 0.2) is 0 Å². The molecule has 0 heterocycles. The Morgan fingerprint density at radius 1 is 0.522 bits per heavy atom. The van der Waals surface area contributed by atoms with Crippen LogP contribution in [0.25, 0.3) is 21.5 Å². The van der Waals surface area contributed by atoms with E-state index in [4.69, 9.17) is 11.5 Å². The van der Waals surface area contributed by atoms with Crippen molar-refractivity contribution in [3.05, 3.63) is 108 Å². The Labute approximate surface area is 264 Å². The summed E-state index contributed by atoms with van der Waals surface area (Å²) in [6.45, 7) is 0. The number of nitrogen functional groups attached to an aromatic ring is 2. The second kappa shape index (κ2) is 12.1. The van der Waals surface area contributed by atoms with Crippen LogP contribution in [0.15, 0.2) is 138 Å². The van der Waals surface area contributed by atoms with Crippen LogP contribution in [0, 0.1) is 0 Å². The molecule has 2 aliphatic carbocycles. The topological polar surface area (TPSA) is 210 Å². The Balaban J connectivity index is 1.21. The van der Waals surface area contributed by atoms with Crippen molar-refractivity contribution in [3.8, 4) is 0 Å². The van der Waals surface area contributed by atoms with Gasteiger partial charge in [0.2, 0.25) is 0 Å². The van der Waals surface area contributed by atoms with E-state index in [2.05, 4.69) is 20.5 Å². The predicted molar refractivity (Wildman–Crippen MR) is 176 cm³/mol. The van der Waals surface area contributed by atoms with Crippen molar-refractivity contribution in [3.63, 3.8) is 0 Å². The number of anilines is 2. The third kappa shape index (κ3) is 6.23. The first-order valence-corrected chi connectivity index (χ1v) is 17.0. The summed E-state index contributed by atoms with van der Waals surface area (Å²) in [6.07, 6.45) is 10.2. The van der Waals surface area contributed by atoms with Gasteiger partial charge in [0.05, 0.1) is 22.8 Å². The molecule has 4 aromatic carbocycles. The van der Waals surface area contributed by atoms with Gasteiger partial charge < -0.3 is 11.5 Å². The number of nitrogens with two attached hydrogens (primary N) is 2. The van der Waals surface area contributed by atoms with E-state index in [9.17, 15) is 25.9 Å². The van der Waals surface area contributed by atoms with Crippen molar-refractivity contribution in [2.24, 2.45) is 20.5 Å². The molecule has 0 saturated carbocycles. The van der Waals surface area contributed by atoms with Crippen LogP contribution < -0.4 is 11.5 Å². The lowest BCUT2D eigenvalue weighted by molar-refractivity contribution is 0.482. The van der Waals surface area contributed by atoms with Crippen molar-refractivity contribution >= 4 is 64.5 Å². The summed E-state index contributed by atoms with van der Waals surface area (Å²) in [5.41, 5.74) is 16.9. The molecule has 2 aliphatic rings. The van der Waals surface area contributed by atoms with Gasteiger partial charge in [-0.25, -0.2) is 0 Å². The SMILES string of the molecule is Nc1c(N=NC2=CC=C(C3=CC=C(/N=N/c4cc(S(=O)(=O)O)c5ccccc5c4N)CC3)CC2)cc(S(=O)(=O)O)c2ccccc12. The Hall–Kier alpha value is -5.02. The average Bonchev–Trinajstić information content (AvgIpc) is 3.04. The van der Waals surface area contributed by atoms with Gasteiger partial charge >= 0.3 is 0 Å². The molecule has 4 aromatic rings. The molecule has 0 aromatic heterocycles. The van der Waals surface area contributed by atoms with Crippen molar-refractivity contribution in [1.29, 1.82) is 0 Å². The van der Waals surface area contributed by atoms with Gasteiger partial charge in [0.1, 0.15) is 21.2 Å². The summed E-state index contributed by atoms with van der Waals surface area (Å²) in [6, 6.07) is 15.6. The van der Waals surface area contributed by atoms with E-state index >= 15 is 0 Å². The van der Waals surface area contributed by atoms with Crippen molar-refractivity contribution in [2.75, 3.05) is 11.5 Å². The molecule has 12 nitrogen and oxygen atoms in total. The number of fused-ring (bicyclic) bond motifs is 2. The van der Waals surface area contributed by atoms with Crippen molar-refractivity contribution < 1.29 is 25.9 Å². The first-order chi connectivity index (χ1) is 21.9. The minimum absolute atomic E-state index is 0.142. The maximum atomic E-state index is 12.0. The highest BCUT2D eigenvalue weighted by molar-refractivity contribution is 7.86. The number of azo groups is 2. The number of rotatable bonds is 7.